The number of hydrogen-bond donors (Lipinski definition) is 3. The van der Waals surface area contributed by atoms with Gasteiger partial charge < -0.3 is 16.0 Å². The maximum Gasteiger partial charge on any atom is 0.276 e. The van der Waals surface area contributed by atoms with Crippen LogP contribution in [0.1, 0.15) is 28.4 Å². The lowest BCUT2D eigenvalue weighted by atomic mass is 10.1. The van der Waals surface area contributed by atoms with Crippen LogP contribution in [0.4, 0.5) is 16.5 Å². The molecular weight excluding hydrogens is 611 g/mol. The fourth-order valence-electron chi connectivity index (χ4n) is 4.27. The van der Waals surface area contributed by atoms with Crippen molar-refractivity contribution in [1.29, 1.82) is 0 Å². The zero-order valence-corrected chi connectivity index (χ0v) is 25.8. The van der Waals surface area contributed by atoms with Gasteiger partial charge in [-0.15, -0.1) is 11.8 Å². The minimum atomic E-state index is -0.684. The Hall–Kier alpha value is -5.33. The fourth-order valence-corrected chi connectivity index (χ4v) is 6.16. The number of rotatable bonds is 10. The minimum Gasteiger partial charge on any atom is -0.321 e. The lowest BCUT2D eigenvalue weighted by molar-refractivity contribution is -0.385. The van der Waals surface area contributed by atoms with E-state index in [4.69, 9.17) is 0 Å². The Morgan fingerprint density at radius 2 is 1.69 bits per heavy atom. The van der Waals surface area contributed by atoms with Gasteiger partial charge in [-0.1, -0.05) is 53.8 Å². The van der Waals surface area contributed by atoms with Crippen LogP contribution in [0.3, 0.4) is 0 Å². The molecular formula is C33H27N5O5S2. The van der Waals surface area contributed by atoms with Crippen molar-refractivity contribution >= 4 is 73.6 Å². The highest BCUT2D eigenvalue weighted by molar-refractivity contribution is 8.00. The number of nitrogens with one attached hydrogen (secondary N) is 3. The van der Waals surface area contributed by atoms with E-state index < -0.39 is 22.0 Å². The number of amides is 3. The lowest BCUT2D eigenvalue weighted by Gasteiger charge is -2.13. The van der Waals surface area contributed by atoms with Crippen molar-refractivity contribution in [1.82, 2.24) is 10.3 Å². The average Bonchev–Trinajstić information content (AvgIpc) is 3.42. The van der Waals surface area contributed by atoms with Crippen molar-refractivity contribution in [3.63, 3.8) is 0 Å². The third kappa shape index (κ3) is 7.99. The summed E-state index contributed by atoms with van der Waals surface area (Å²) in [5, 5.41) is 19.9. The van der Waals surface area contributed by atoms with E-state index in [-0.39, 0.29) is 22.9 Å². The van der Waals surface area contributed by atoms with Gasteiger partial charge in [0.2, 0.25) is 5.91 Å². The quantitative estimate of drug-likeness (QED) is 0.0645. The second-order valence-corrected chi connectivity index (χ2v) is 12.4. The van der Waals surface area contributed by atoms with Gasteiger partial charge in [-0.25, -0.2) is 4.98 Å². The number of nitro benzene ring substituents is 1. The van der Waals surface area contributed by atoms with Gasteiger partial charge in [0.15, 0.2) is 5.13 Å². The molecule has 3 amide bonds. The van der Waals surface area contributed by atoms with Gasteiger partial charge in [0.1, 0.15) is 5.70 Å². The Labute approximate surface area is 266 Å². The Bertz CT molecular complexity index is 1940. The van der Waals surface area contributed by atoms with Crippen molar-refractivity contribution in [2.45, 2.75) is 24.0 Å². The van der Waals surface area contributed by atoms with Crippen molar-refractivity contribution in [2.24, 2.45) is 0 Å². The number of para-hydroxylation sites is 1. The molecule has 1 heterocycles. The van der Waals surface area contributed by atoms with E-state index in [0.717, 1.165) is 15.8 Å². The largest absolute Gasteiger partial charge is 0.321 e. The summed E-state index contributed by atoms with van der Waals surface area (Å²) in [6.45, 7) is 3.77. The van der Waals surface area contributed by atoms with Crippen molar-refractivity contribution in [3.8, 4) is 0 Å². The molecule has 0 radical (unpaired) electrons. The molecule has 45 heavy (non-hydrogen) atoms. The number of carbonyl (C=O) groups excluding carboxylic acids is 3. The molecule has 1 unspecified atom stereocenters. The van der Waals surface area contributed by atoms with Gasteiger partial charge in [0.05, 0.1) is 26.0 Å². The van der Waals surface area contributed by atoms with E-state index >= 15 is 0 Å². The van der Waals surface area contributed by atoms with Crippen molar-refractivity contribution in [2.75, 3.05) is 10.6 Å². The van der Waals surface area contributed by atoms with Crippen molar-refractivity contribution in [3.05, 3.63) is 130 Å². The maximum absolute atomic E-state index is 13.5. The molecule has 1 atom stereocenters. The van der Waals surface area contributed by atoms with Crippen LogP contribution in [0.25, 0.3) is 16.3 Å². The Morgan fingerprint density at radius 3 is 2.47 bits per heavy atom. The molecule has 0 aliphatic carbocycles. The molecule has 5 aromatic rings. The van der Waals surface area contributed by atoms with Crippen LogP contribution in [0.15, 0.2) is 108 Å². The number of carbonyl (C=O) groups is 3. The van der Waals surface area contributed by atoms with E-state index in [0.29, 0.717) is 21.3 Å². The predicted molar refractivity (Wildman–Crippen MR) is 178 cm³/mol. The molecule has 3 N–H and O–H groups in total. The van der Waals surface area contributed by atoms with Crippen LogP contribution >= 0.6 is 23.1 Å². The van der Waals surface area contributed by atoms with E-state index in [1.54, 1.807) is 61.5 Å². The summed E-state index contributed by atoms with van der Waals surface area (Å²) in [5.41, 5.74) is 2.39. The molecule has 0 aliphatic heterocycles. The summed E-state index contributed by atoms with van der Waals surface area (Å²) in [4.78, 5) is 55.6. The number of fused-ring (bicyclic) bond motifs is 1. The molecule has 1 aromatic heterocycles. The van der Waals surface area contributed by atoms with Crippen LogP contribution in [0.5, 0.6) is 0 Å². The first-order valence-corrected chi connectivity index (χ1v) is 15.4. The van der Waals surface area contributed by atoms with Gasteiger partial charge in [-0.2, -0.15) is 0 Å². The topological polar surface area (TPSA) is 143 Å². The molecule has 0 fully saturated rings. The van der Waals surface area contributed by atoms with Gasteiger partial charge in [-0.05, 0) is 74.0 Å². The smallest absolute Gasteiger partial charge is 0.276 e. The molecule has 0 aliphatic rings. The van der Waals surface area contributed by atoms with Crippen LogP contribution < -0.4 is 16.0 Å². The second kappa shape index (κ2) is 14.0. The van der Waals surface area contributed by atoms with Crippen LogP contribution in [0, 0.1) is 17.0 Å². The average molecular weight is 638 g/mol. The highest BCUT2D eigenvalue weighted by Gasteiger charge is 2.20. The minimum absolute atomic E-state index is 0.147. The molecule has 0 saturated carbocycles. The Morgan fingerprint density at radius 1 is 0.933 bits per heavy atom. The first-order valence-electron chi connectivity index (χ1n) is 13.7. The standard InChI is InChI=1S/C33H27N5O5S2/c1-20-15-16-26-29(17-20)45-33(36-26)37-30(39)21(2)44-25-13-8-12-24(19-25)34-32(41)27(35-31(40)22-9-4-3-5-10-22)18-23-11-6-7-14-28(23)38(42)43/h3-19,21H,1-2H3,(H,34,41)(H,35,40)(H,36,37,39)/b27-18+. The summed E-state index contributed by atoms with van der Waals surface area (Å²) in [5.74, 6) is -1.46. The number of anilines is 2. The van der Waals surface area contributed by atoms with Gasteiger partial charge in [0.25, 0.3) is 17.5 Å². The molecule has 0 bridgehead atoms. The number of thiazole rings is 1. The predicted octanol–water partition coefficient (Wildman–Crippen LogP) is 7.04. The Kier molecular flexibility index (Phi) is 9.66. The number of nitrogens with zero attached hydrogens (tertiary/aromatic N) is 2. The van der Waals surface area contributed by atoms with Crippen LogP contribution in [-0.4, -0.2) is 32.9 Å². The second-order valence-electron chi connectivity index (χ2n) is 9.92. The number of hydrogen-bond acceptors (Lipinski definition) is 8. The van der Waals surface area contributed by atoms with E-state index in [9.17, 15) is 24.5 Å². The highest BCUT2D eigenvalue weighted by Crippen LogP contribution is 2.30. The normalized spacial score (nSPS) is 11.9. The molecule has 0 spiro atoms. The lowest BCUT2D eigenvalue weighted by Crippen LogP contribution is -2.30. The molecule has 4 aromatic carbocycles. The summed E-state index contributed by atoms with van der Waals surface area (Å²) < 4.78 is 0.990. The van der Waals surface area contributed by atoms with Crippen LogP contribution in [-0.2, 0) is 9.59 Å². The SMILES string of the molecule is Cc1ccc2nc(NC(=O)C(C)Sc3cccc(NC(=O)/C(=C\c4ccccc4[N+](=O)[O-])NC(=O)c4ccccc4)c3)sc2c1. The first-order chi connectivity index (χ1) is 21.7. The fraction of sp³-hybridized carbons (Fsp3) is 0.0909. The maximum atomic E-state index is 13.5. The highest BCUT2D eigenvalue weighted by atomic mass is 32.2. The molecule has 0 saturated heterocycles. The number of benzene rings is 4. The van der Waals surface area contributed by atoms with E-state index in [1.807, 2.05) is 31.2 Å². The van der Waals surface area contributed by atoms with Crippen molar-refractivity contribution < 1.29 is 19.3 Å². The third-order valence-corrected chi connectivity index (χ3v) is 8.54. The first kappa shape index (κ1) is 31.1. The van der Waals surface area contributed by atoms with Gasteiger partial charge in [0, 0.05) is 22.2 Å². The number of aryl methyl sites for hydroxylation is 1. The summed E-state index contributed by atoms with van der Waals surface area (Å²) in [7, 11) is 0. The summed E-state index contributed by atoms with van der Waals surface area (Å²) in [6, 6.07) is 27.0. The number of nitro groups is 1. The summed E-state index contributed by atoms with van der Waals surface area (Å²) in [6.07, 6.45) is 1.27. The zero-order valence-electron chi connectivity index (χ0n) is 24.1. The molecule has 5 rings (SSSR count). The van der Waals surface area contributed by atoms with Gasteiger partial charge in [-0.3, -0.25) is 24.5 Å². The molecule has 226 valence electrons. The van der Waals surface area contributed by atoms with E-state index in [1.165, 1.54) is 47.4 Å². The van der Waals surface area contributed by atoms with Crippen LogP contribution in [0.2, 0.25) is 0 Å². The number of thioether (sulfide) groups is 1. The van der Waals surface area contributed by atoms with Gasteiger partial charge >= 0.3 is 0 Å². The zero-order chi connectivity index (χ0) is 31.9. The number of aromatic nitrogens is 1. The molecule has 12 heteroatoms. The van der Waals surface area contributed by atoms with E-state index in [2.05, 4.69) is 20.9 Å². The Balaban J connectivity index is 1.31. The summed E-state index contributed by atoms with van der Waals surface area (Å²) >= 11 is 2.71. The third-order valence-electron chi connectivity index (χ3n) is 6.51. The molecule has 10 nitrogen and oxygen atoms in total. The monoisotopic (exact) mass is 637 g/mol.